The monoisotopic (exact) mass is 263 g/mol. The van der Waals surface area contributed by atoms with Crippen molar-refractivity contribution in [3.63, 3.8) is 0 Å². The van der Waals surface area contributed by atoms with E-state index in [1.165, 1.54) is 6.07 Å². The highest BCUT2D eigenvalue weighted by molar-refractivity contribution is 6.42. The molecule has 88 valence electrons. The molecule has 0 aromatic heterocycles. The molecule has 0 unspecified atom stereocenters. The molecule has 0 aliphatic carbocycles. The first-order valence-corrected chi connectivity index (χ1v) is 5.96. The van der Waals surface area contributed by atoms with Gasteiger partial charge in [0.05, 0.1) is 23.1 Å². The Morgan fingerprint density at radius 1 is 1.50 bits per heavy atom. The molecule has 1 aromatic rings. The van der Waals surface area contributed by atoms with Crippen molar-refractivity contribution in [3.8, 4) is 0 Å². The van der Waals surface area contributed by atoms with Crippen molar-refractivity contribution >= 4 is 23.2 Å². The predicted octanol–water partition coefficient (Wildman–Crippen LogP) is 1.56. The second-order valence-corrected chi connectivity index (χ2v) is 5.15. The van der Waals surface area contributed by atoms with Crippen LogP contribution >= 0.6 is 23.2 Å². The van der Waals surface area contributed by atoms with Crippen LogP contribution in [0, 0.1) is 12.7 Å². The Kier molecular flexibility index (Phi) is 3.14. The topological polar surface area (TPSA) is 42.6 Å². The van der Waals surface area contributed by atoms with Gasteiger partial charge in [0.1, 0.15) is 11.4 Å². The lowest BCUT2D eigenvalue weighted by molar-refractivity contribution is -0.639. The lowest BCUT2D eigenvalue weighted by atomic mass is 9.88. The van der Waals surface area contributed by atoms with E-state index in [-0.39, 0.29) is 10.8 Å². The van der Waals surface area contributed by atoms with E-state index in [0.29, 0.717) is 29.1 Å². The fourth-order valence-electron chi connectivity index (χ4n) is 2.22. The van der Waals surface area contributed by atoms with Gasteiger partial charge in [0.2, 0.25) is 0 Å². The molecular formula is C11H14Cl2FN2+. The lowest BCUT2D eigenvalue weighted by Crippen LogP contribution is -2.82. The zero-order valence-corrected chi connectivity index (χ0v) is 10.5. The van der Waals surface area contributed by atoms with Crippen molar-refractivity contribution in [2.45, 2.75) is 18.9 Å². The Morgan fingerprint density at radius 3 is 2.75 bits per heavy atom. The minimum Gasteiger partial charge on any atom is -0.344 e. The van der Waals surface area contributed by atoms with E-state index in [4.69, 9.17) is 28.9 Å². The Hall–Kier alpha value is -0.350. The van der Waals surface area contributed by atoms with Crippen LogP contribution < -0.4 is 11.1 Å². The number of benzene rings is 1. The minimum absolute atomic E-state index is 0.252. The van der Waals surface area contributed by atoms with Crippen LogP contribution in [0.25, 0.3) is 0 Å². The highest BCUT2D eigenvalue weighted by atomic mass is 35.5. The maximum atomic E-state index is 14.1. The third-order valence-corrected chi connectivity index (χ3v) is 3.93. The van der Waals surface area contributed by atoms with Gasteiger partial charge in [-0.1, -0.05) is 23.2 Å². The summed E-state index contributed by atoms with van der Waals surface area (Å²) in [5.41, 5.74) is 6.36. The third kappa shape index (κ3) is 1.82. The van der Waals surface area contributed by atoms with Crippen molar-refractivity contribution in [3.05, 3.63) is 33.1 Å². The molecule has 2 nitrogen and oxygen atoms in total. The lowest BCUT2D eigenvalue weighted by Gasteiger charge is -2.24. The number of hydrogen-bond donors (Lipinski definition) is 2. The molecule has 16 heavy (non-hydrogen) atoms. The van der Waals surface area contributed by atoms with Gasteiger partial charge in [-0.25, -0.2) is 4.39 Å². The number of aryl methyl sites for hydroxylation is 1. The first kappa shape index (κ1) is 12.1. The van der Waals surface area contributed by atoms with Crippen LogP contribution in [0.15, 0.2) is 6.07 Å². The summed E-state index contributed by atoms with van der Waals surface area (Å²) in [6.07, 6.45) is 0.712. The smallest absolute Gasteiger partial charge is 0.133 e. The van der Waals surface area contributed by atoms with Crippen LogP contribution in [-0.4, -0.2) is 13.1 Å². The summed E-state index contributed by atoms with van der Waals surface area (Å²) in [5.74, 6) is -0.327. The van der Waals surface area contributed by atoms with Gasteiger partial charge < -0.3 is 11.1 Å². The van der Waals surface area contributed by atoms with Gasteiger partial charge in [-0.2, -0.15) is 0 Å². The maximum absolute atomic E-state index is 14.1. The van der Waals surface area contributed by atoms with Gasteiger partial charge in [0.15, 0.2) is 0 Å². The van der Waals surface area contributed by atoms with Crippen LogP contribution in [0.3, 0.4) is 0 Å². The number of hydrogen-bond acceptors (Lipinski definition) is 1. The molecule has 2 rings (SSSR count). The Morgan fingerprint density at radius 2 is 2.19 bits per heavy atom. The molecule has 1 aromatic carbocycles. The number of nitrogens with two attached hydrogens (primary N) is 2. The number of halogens is 3. The van der Waals surface area contributed by atoms with E-state index in [9.17, 15) is 4.39 Å². The van der Waals surface area contributed by atoms with Gasteiger partial charge in [-0.15, -0.1) is 0 Å². The number of quaternary nitrogens is 1. The van der Waals surface area contributed by atoms with E-state index in [0.717, 1.165) is 6.54 Å². The zero-order chi connectivity index (χ0) is 11.9. The van der Waals surface area contributed by atoms with E-state index in [1.807, 2.05) is 0 Å². The Labute approximate surface area is 104 Å². The molecule has 0 spiro atoms. The van der Waals surface area contributed by atoms with Crippen molar-refractivity contribution in [2.24, 2.45) is 5.73 Å². The molecule has 1 saturated heterocycles. The normalized spacial score (nSPS) is 25.1. The second-order valence-electron chi connectivity index (χ2n) is 4.37. The average molecular weight is 264 g/mol. The van der Waals surface area contributed by atoms with Crippen molar-refractivity contribution in [2.75, 3.05) is 13.1 Å². The average Bonchev–Trinajstić information content (AvgIpc) is 2.63. The summed E-state index contributed by atoms with van der Waals surface area (Å²) < 4.78 is 14.1. The fourth-order valence-corrected chi connectivity index (χ4v) is 2.80. The molecule has 1 aliphatic rings. The Bertz CT molecular complexity index is 402. The molecule has 0 amide bonds. The summed E-state index contributed by atoms with van der Waals surface area (Å²) in [6.45, 7) is 3.20. The summed E-state index contributed by atoms with van der Waals surface area (Å²) in [4.78, 5) is 0. The van der Waals surface area contributed by atoms with Crippen molar-refractivity contribution < 1.29 is 9.71 Å². The van der Waals surface area contributed by atoms with Gasteiger partial charge >= 0.3 is 0 Å². The van der Waals surface area contributed by atoms with E-state index < -0.39 is 5.54 Å². The predicted molar refractivity (Wildman–Crippen MR) is 63.3 cm³/mol. The maximum Gasteiger partial charge on any atom is 0.133 e. The highest BCUT2D eigenvalue weighted by Gasteiger charge is 2.39. The molecule has 0 bridgehead atoms. The fraction of sp³-hybridized carbons (Fsp3) is 0.455. The number of rotatable bonds is 1. The molecule has 1 atom stereocenters. The van der Waals surface area contributed by atoms with Gasteiger partial charge in [0, 0.05) is 12.0 Å². The van der Waals surface area contributed by atoms with Crippen LogP contribution in [0.4, 0.5) is 4.39 Å². The van der Waals surface area contributed by atoms with Crippen LogP contribution in [0.5, 0.6) is 0 Å². The van der Waals surface area contributed by atoms with Gasteiger partial charge in [-0.3, -0.25) is 0 Å². The largest absolute Gasteiger partial charge is 0.344 e. The summed E-state index contributed by atoms with van der Waals surface area (Å²) in [6, 6.07) is 1.53. The molecule has 0 saturated carbocycles. The first-order valence-electron chi connectivity index (χ1n) is 5.21. The Balaban J connectivity index is 2.63. The SMILES string of the molecule is Cc1cc(Cl)c(Cl)c([C@]2(N)CC[NH2+]C2)c1F. The van der Waals surface area contributed by atoms with Crippen LogP contribution in [0.2, 0.25) is 10.0 Å². The second kappa shape index (κ2) is 4.15. The van der Waals surface area contributed by atoms with E-state index in [2.05, 4.69) is 5.32 Å². The highest BCUT2D eigenvalue weighted by Crippen LogP contribution is 2.37. The molecule has 1 aliphatic heterocycles. The van der Waals surface area contributed by atoms with Crippen molar-refractivity contribution in [1.82, 2.24) is 0 Å². The standard InChI is InChI=1S/C11H13Cl2FN2/c1-6-4-7(12)9(13)8(10(6)14)11(15)2-3-16-5-11/h4,16H,2-3,5,15H2,1H3/p+1/t11-/m0/s1. The molecule has 5 heteroatoms. The third-order valence-electron chi connectivity index (χ3n) is 3.14. The summed E-state index contributed by atoms with van der Waals surface area (Å²) in [5, 5.41) is 2.68. The van der Waals surface area contributed by atoms with Crippen LogP contribution in [-0.2, 0) is 5.54 Å². The molecule has 1 heterocycles. The summed E-state index contributed by atoms with van der Waals surface area (Å²) >= 11 is 12.0. The minimum atomic E-state index is -0.698. The zero-order valence-electron chi connectivity index (χ0n) is 8.99. The molecule has 0 radical (unpaired) electrons. The van der Waals surface area contributed by atoms with E-state index in [1.54, 1.807) is 6.92 Å². The molecular weight excluding hydrogens is 250 g/mol. The van der Waals surface area contributed by atoms with Crippen LogP contribution in [0.1, 0.15) is 17.5 Å². The summed E-state index contributed by atoms with van der Waals surface area (Å²) in [7, 11) is 0. The van der Waals surface area contributed by atoms with E-state index >= 15 is 0 Å². The first-order chi connectivity index (χ1) is 7.46. The molecule has 4 N–H and O–H groups in total. The van der Waals surface area contributed by atoms with Gasteiger partial charge in [0.25, 0.3) is 0 Å². The van der Waals surface area contributed by atoms with Crippen molar-refractivity contribution in [1.29, 1.82) is 0 Å². The quantitative estimate of drug-likeness (QED) is 0.743. The molecule has 1 fully saturated rings. The van der Waals surface area contributed by atoms with Gasteiger partial charge in [-0.05, 0) is 18.6 Å².